The van der Waals surface area contributed by atoms with Gasteiger partial charge in [0.2, 0.25) is 0 Å². The van der Waals surface area contributed by atoms with Crippen molar-refractivity contribution >= 4 is 32.8 Å². The van der Waals surface area contributed by atoms with Crippen molar-refractivity contribution in [3.63, 3.8) is 0 Å². The number of hydrogen-bond donors (Lipinski definition) is 1. The lowest BCUT2D eigenvalue weighted by molar-refractivity contribution is 1.43. The molecule has 0 aliphatic rings. The molecular weight excluding hydrogens is 208 g/mol. The number of aromatic nitrogens is 2. The number of H-pyrrole nitrogens is 1. The minimum atomic E-state index is 0.979. The molecule has 80 valence electrons. The molecule has 2 aromatic heterocycles. The largest absolute Gasteiger partial charge is 0.339 e. The smallest absolute Gasteiger partial charge is 0.139 e. The Morgan fingerprint density at radius 3 is 2.53 bits per heavy atom. The first kappa shape index (κ1) is 8.76. The minimum absolute atomic E-state index is 0.979. The van der Waals surface area contributed by atoms with Crippen LogP contribution in [0.25, 0.3) is 32.8 Å². The second-order valence-corrected chi connectivity index (χ2v) is 4.22. The molecule has 2 nitrogen and oxygen atoms in total. The first-order chi connectivity index (χ1) is 8.43. The molecule has 4 aromatic rings. The topological polar surface area (TPSA) is 28.7 Å². The van der Waals surface area contributed by atoms with E-state index in [9.17, 15) is 0 Å². The van der Waals surface area contributed by atoms with Crippen LogP contribution in [0.4, 0.5) is 0 Å². The molecular formula is C15H10N2. The maximum atomic E-state index is 4.62. The molecule has 0 fully saturated rings. The van der Waals surface area contributed by atoms with E-state index in [-0.39, 0.29) is 0 Å². The summed E-state index contributed by atoms with van der Waals surface area (Å²) in [7, 11) is 0. The second kappa shape index (κ2) is 3.08. The third kappa shape index (κ3) is 1.12. The van der Waals surface area contributed by atoms with Crippen molar-refractivity contribution < 1.29 is 0 Å². The number of benzene rings is 1. The monoisotopic (exact) mass is 218 g/mol. The highest BCUT2D eigenvalue weighted by Gasteiger charge is 2.09. The zero-order chi connectivity index (χ0) is 11.2. The Morgan fingerprint density at radius 1 is 0.765 bits per heavy atom. The maximum Gasteiger partial charge on any atom is 0.139 e. The van der Waals surface area contributed by atoms with Gasteiger partial charge in [0.15, 0.2) is 0 Å². The Hall–Kier alpha value is -2.35. The zero-order valence-electron chi connectivity index (χ0n) is 9.14. The fourth-order valence-corrected chi connectivity index (χ4v) is 2.45. The van der Waals surface area contributed by atoms with E-state index in [2.05, 4.69) is 46.4 Å². The molecule has 0 aliphatic carbocycles. The van der Waals surface area contributed by atoms with Gasteiger partial charge in [-0.15, -0.1) is 0 Å². The molecule has 2 heteroatoms. The van der Waals surface area contributed by atoms with E-state index in [0.29, 0.717) is 0 Å². The van der Waals surface area contributed by atoms with Crippen LogP contribution in [-0.4, -0.2) is 9.97 Å². The van der Waals surface area contributed by atoms with Crippen molar-refractivity contribution in [2.45, 2.75) is 0 Å². The van der Waals surface area contributed by atoms with Crippen LogP contribution in [0.2, 0.25) is 0 Å². The molecule has 0 amide bonds. The molecule has 0 aliphatic heterocycles. The van der Waals surface area contributed by atoms with Crippen LogP contribution < -0.4 is 0 Å². The Balaban J connectivity index is 2.36. The molecule has 4 rings (SSSR count). The molecule has 2 heterocycles. The lowest BCUT2D eigenvalue weighted by atomic mass is 10.1. The van der Waals surface area contributed by atoms with Crippen LogP contribution in [0.5, 0.6) is 0 Å². The van der Waals surface area contributed by atoms with Crippen LogP contribution in [0.1, 0.15) is 0 Å². The van der Waals surface area contributed by atoms with Crippen molar-refractivity contribution in [2.75, 3.05) is 0 Å². The summed E-state index contributed by atoms with van der Waals surface area (Å²) in [6, 6.07) is 18.6. The van der Waals surface area contributed by atoms with Gasteiger partial charge in [-0.2, -0.15) is 0 Å². The van der Waals surface area contributed by atoms with Gasteiger partial charge in [0.1, 0.15) is 5.65 Å². The Labute approximate surface area is 97.9 Å². The van der Waals surface area contributed by atoms with Crippen molar-refractivity contribution in [1.82, 2.24) is 9.97 Å². The minimum Gasteiger partial charge on any atom is -0.339 e. The number of fused-ring (bicyclic) bond motifs is 5. The predicted molar refractivity (Wildman–Crippen MR) is 71.1 cm³/mol. The summed E-state index contributed by atoms with van der Waals surface area (Å²) in [5.41, 5.74) is 3.17. The van der Waals surface area contributed by atoms with Gasteiger partial charge in [-0.1, -0.05) is 42.5 Å². The Kier molecular flexibility index (Phi) is 1.59. The fourth-order valence-electron chi connectivity index (χ4n) is 2.45. The number of nitrogens with one attached hydrogen (secondary N) is 1. The van der Waals surface area contributed by atoms with Crippen LogP contribution in [0.3, 0.4) is 0 Å². The Morgan fingerprint density at radius 2 is 1.53 bits per heavy atom. The molecule has 0 atom stereocenters. The number of hydrogen-bond acceptors (Lipinski definition) is 1. The summed E-state index contributed by atoms with van der Waals surface area (Å²) in [6.07, 6.45) is 0. The molecule has 0 saturated carbocycles. The summed E-state index contributed by atoms with van der Waals surface area (Å²) < 4.78 is 0. The summed E-state index contributed by atoms with van der Waals surface area (Å²) in [4.78, 5) is 7.99. The summed E-state index contributed by atoms with van der Waals surface area (Å²) >= 11 is 0. The molecule has 0 unspecified atom stereocenters. The quantitative estimate of drug-likeness (QED) is 0.477. The van der Waals surface area contributed by atoms with Crippen LogP contribution in [-0.2, 0) is 0 Å². The highest BCUT2D eigenvalue weighted by Crippen LogP contribution is 2.31. The summed E-state index contributed by atoms with van der Waals surface area (Å²) in [5.74, 6) is 0. The highest BCUT2D eigenvalue weighted by molar-refractivity contribution is 6.19. The van der Waals surface area contributed by atoms with Gasteiger partial charge < -0.3 is 4.98 Å². The van der Waals surface area contributed by atoms with Gasteiger partial charge in [-0.25, -0.2) is 4.98 Å². The lowest BCUT2D eigenvalue weighted by Crippen LogP contribution is -1.68. The highest BCUT2D eigenvalue weighted by atomic mass is 14.9. The maximum absolute atomic E-state index is 4.62. The number of aromatic amines is 1. The van der Waals surface area contributed by atoms with Crippen LogP contribution in [0.15, 0.2) is 54.6 Å². The zero-order valence-corrected chi connectivity index (χ0v) is 9.14. The SMILES string of the molecule is c1ccc2[nH]c3nc4ccccc4c3c2cc1. The average molecular weight is 218 g/mol. The van der Waals surface area contributed by atoms with Crippen LogP contribution in [0, 0.1) is 0 Å². The third-order valence-corrected chi connectivity index (χ3v) is 3.20. The number of para-hydroxylation sites is 1. The lowest BCUT2D eigenvalue weighted by Gasteiger charge is -1.87. The molecule has 2 aromatic carbocycles. The first-order valence-electron chi connectivity index (χ1n) is 5.69. The van der Waals surface area contributed by atoms with E-state index in [1.54, 1.807) is 0 Å². The number of rotatable bonds is 0. The average Bonchev–Trinajstić information content (AvgIpc) is 2.77. The summed E-state index contributed by atoms with van der Waals surface area (Å²) in [6.45, 7) is 0. The van der Waals surface area contributed by atoms with E-state index < -0.39 is 0 Å². The van der Waals surface area contributed by atoms with Crippen LogP contribution >= 0.6 is 0 Å². The van der Waals surface area contributed by atoms with Crippen molar-refractivity contribution in [2.24, 2.45) is 0 Å². The molecule has 0 spiro atoms. The van der Waals surface area contributed by atoms with E-state index in [4.69, 9.17) is 0 Å². The molecule has 17 heavy (non-hydrogen) atoms. The van der Waals surface area contributed by atoms with E-state index in [0.717, 1.165) is 16.7 Å². The van der Waals surface area contributed by atoms with Gasteiger partial charge in [-0.05, 0) is 12.1 Å². The van der Waals surface area contributed by atoms with Gasteiger partial charge in [0.05, 0.1) is 5.52 Å². The van der Waals surface area contributed by atoms with Crippen molar-refractivity contribution in [1.29, 1.82) is 0 Å². The third-order valence-electron chi connectivity index (χ3n) is 3.20. The molecule has 0 bridgehead atoms. The first-order valence-corrected chi connectivity index (χ1v) is 5.69. The fraction of sp³-hybridized carbons (Fsp3) is 0. The van der Waals surface area contributed by atoms with E-state index in [1.165, 1.54) is 16.2 Å². The van der Waals surface area contributed by atoms with Gasteiger partial charge >= 0.3 is 0 Å². The van der Waals surface area contributed by atoms with Gasteiger partial charge in [-0.3, -0.25) is 0 Å². The Bertz CT molecular complexity index is 843. The molecule has 1 N–H and O–H groups in total. The van der Waals surface area contributed by atoms with Crippen molar-refractivity contribution in [3.8, 4) is 0 Å². The number of nitrogens with zero attached hydrogens (tertiary/aromatic N) is 1. The predicted octanol–water partition coefficient (Wildman–Crippen LogP) is 3.87. The summed E-state index contributed by atoms with van der Waals surface area (Å²) in [5, 5.41) is 3.69. The van der Waals surface area contributed by atoms with Gasteiger partial charge in [0.25, 0.3) is 0 Å². The van der Waals surface area contributed by atoms with Crippen molar-refractivity contribution in [3.05, 3.63) is 54.6 Å². The van der Waals surface area contributed by atoms with E-state index in [1.807, 2.05) is 18.2 Å². The van der Waals surface area contributed by atoms with Gasteiger partial charge in [0, 0.05) is 21.7 Å². The molecule has 0 radical (unpaired) electrons. The molecule has 0 saturated heterocycles. The normalized spacial score (nSPS) is 11.5. The van der Waals surface area contributed by atoms with E-state index >= 15 is 0 Å². The standard InChI is InChI=1S/C15H10N2/c1-2-6-10-12(8-3-1)16-15-14(10)11-7-4-5-9-13(11)17-15/h1-9H,(H,16,17). The second-order valence-electron chi connectivity index (χ2n) is 4.22.